The van der Waals surface area contributed by atoms with Crippen LogP contribution in [-0.2, 0) is 25.6 Å². The number of ether oxygens (including phenoxy) is 2. The van der Waals surface area contributed by atoms with Gasteiger partial charge in [0.05, 0.1) is 30.4 Å². The van der Waals surface area contributed by atoms with Crippen LogP contribution in [0, 0.1) is 0 Å². The third kappa shape index (κ3) is 5.92. The number of nitrogens with zero attached hydrogens (tertiary/aromatic N) is 2. The van der Waals surface area contributed by atoms with Crippen molar-refractivity contribution in [2.75, 3.05) is 32.9 Å². The maximum Gasteiger partial charge on any atom is 0.333 e. The molecule has 0 atom stereocenters. The SMILES string of the molecule is CCOC(=O)/C=c1\s/c(=C\c2ccc(C(C)C)cc2)c(=O)n1CC(=O)N1CCOCC1. The molecule has 0 bridgehead atoms. The molecule has 31 heavy (non-hydrogen) atoms. The van der Waals surface area contributed by atoms with Gasteiger partial charge in [-0.15, -0.1) is 11.3 Å². The van der Waals surface area contributed by atoms with Gasteiger partial charge in [-0.3, -0.25) is 14.2 Å². The first kappa shape index (κ1) is 23.0. The minimum atomic E-state index is -0.538. The molecule has 0 radical (unpaired) electrons. The van der Waals surface area contributed by atoms with Gasteiger partial charge in [0.1, 0.15) is 11.2 Å². The maximum atomic E-state index is 13.1. The third-order valence-electron chi connectivity index (χ3n) is 5.02. The van der Waals surface area contributed by atoms with Crippen molar-refractivity contribution < 1.29 is 19.1 Å². The molecule has 1 amide bonds. The largest absolute Gasteiger partial charge is 0.463 e. The smallest absolute Gasteiger partial charge is 0.333 e. The van der Waals surface area contributed by atoms with Crippen LogP contribution in [0.3, 0.4) is 0 Å². The molecule has 0 spiro atoms. The number of carbonyl (C=O) groups excluding carboxylic acids is 2. The van der Waals surface area contributed by atoms with Crippen LogP contribution < -0.4 is 14.8 Å². The van der Waals surface area contributed by atoms with Crippen LogP contribution in [0.1, 0.15) is 37.8 Å². The topological polar surface area (TPSA) is 77.8 Å². The molecule has 166 valence electrons. The number of amides is 1. The van der Waals surface area contributed by atoms with E-state index in [1.165, 1.54) is 27.5 Å². The first-order valence-corrected chi connectivity index (χ1v) is 11.3. The molecule has 1 saturated heterocycles. The van der Waals surface area contributed by atoms with E-state index in [4.69, 9.17) is 9.47 Å². The number of aromatic nitrogens is 1. The predicted octanol–water partition coefficient (Wildman–Crippen LogP) is 1.06. The summed E-state index contributed by atoms with van der Waals surface area (Å²) in [5, 5.41) is 0. The van der Waals surface area contributed by atoms with E-state index in [1.807, 2.05) is 24.3 Å². The monoisotopic (exact) mass is 444 g/mol. The highest BCUT2D eigenvalue weighted by atomic mass is 32.1. The Bertz CT molecular complexity index is 1090. The lowest BCUT2D eigenvalue weighted by molar-refractivity contribution is -0.136. The highest BCUT2D eigenvalue weighted by molar-refractivity contribution is 7.07. The van der Waals surface area contributed by atoms with Gasteiger partial charge in [-0.05, 0) is 30.0 Å². The summed E-state index contributed by atoms with van der Waals surface area (Å²) in [5.41, 5.74) is 1.81. The minimum absolute atomic E-state index is 0.124. The molecule has 1 aliphatic rings. The van der Waals surface area contributed by atoms with Crippen molar-refractivity contribution >= 4 is 35.4 Å². The summed E-state index contributed by atoms with van der Waals surface area (Å²) < 4.78 is 12.5. The van der Waals surface area contributed by atoms with Crippen molar-refractivity contribution in [2.24, 2.45) is 0 Å². The molecular formula is C23H28N2O5S. The zero-order chi connectivity index (χ0) is 22.4. The Kier molecular flexibility index (Phi) is 7.81. The van der Waals surface area contributed by atoms with E-state index < -0.39 is 5.97 Å². The Morgan fingerprint density at radius 1 is 1.19 bits per heavy atom. The van der Waals surface area contributed by atoms with Gasteiger partial charge < -0.3 is 14.4 Å². The van der Waals surface area contributed by atoms with Crippen LogP contribution in [0.5, 0.6) is 0 Å². The Labute approximate surface area is 185 Å². The van der Waals surface area contributed by atoms with Crippen molar-refractivity contribution in [3.8, 4) is 0 Å². The predicted molar refractivity (Wildman–Crippen MR) is 120 cm³/mol. The van der Waals surface area contributed by atoms with Gasteiger partial charge in [-0.2, -0.15) is 0 Å². The summed E-state index contributed by atoms with van der Waals surface area (Å²) in [4.78, 5) is 39.5. The summed E-state index contributed by atoms with van der Waals surface area (Å²) in [6, 6.07) is 8.01. The van der Waals surface area contributed by atoms with Crippen LogP contribution >= 0.6 is 11.3 Å². The summed E-state index contributed by atoms with van der Waals surface area (Å²) >= 11 is 1.18. The van der Waals surface area contributed by atoms with E-state index in [0.717, 1.165) is 5.56 Å². The molecule has 3 rings (SSSR count). The fourth-order valence-electron chi connectivity index (χ4n) is 3.25. The second kappa shape index (κ2) is 10.5. The van der Waals surface area contributed by atoms with Crippen molar-refractivity contribution in [3.63, 3.8) is 0 Å². The number of rotatable bonds is 6. The summed E-state index contributed by atoms with van der Waals surface area (Å²) in [6.45, 7) is 8.04. The Balaban J connectivity index is 2.00. The number of morpholine rings is 1. The van der Waals surface area contributed by atoms with E-state index in [1.54, 1.807) is 17.9 Å². The van der Waals surface area contributed by atoms with Crippen LogP contribution in [-0.4, -0.2) is 54.3 Å². The number of carbonyl (C=O) groups is 2. The zero-order valence-electron chi connectivity index (χ0n) is 18.1. The van der Waals surface area contributed by atoms with Crippen LogP contribution in [0.25, 0.3) is 12.2 Å². The van der Waals surface area contributed by atoms with Crippen molar-refractivity contribution in [2.45, 2.75) is 33.2 Å². The lowest BCUT2D eigenvalue weighted by atomic mass is 10.0. The van der Waals surface area contributed by atoms with Crippen LogP contribution in [0.4, 0.5) is 0 Å². The fourth-order valence-corrected chi connectivity index (χ4v) is 4.28. The van der Waals surface area contributed by atoms with Crippen molar-refractivity contribution in [1.29, 1.82) is 0 Å². The molecular weight excluding hydrogens is 416 g/mol. The van der Waals surface area contributed by atoms with E-state index in [-0.39, 0.29) is 24.6 Å². The van der Waals surface area contributed by atoms with E-state index in [9.17, 15) is 14.4 Å². The Morgan fingerprint density at radius 2 is 1.87 bits per heavy atom. The maximum absolute atomic E-state index is 13.1. The fraction of sp³-hybridized carbons (Fsp3) is 0.435. The van der Waals surface area contributed by atoms with Gasteiger partial charge in [-0.25, -0.2) is 4.79 Å². The van der Waals surface area contributed by atoms with E-state index in [0.29, 0.717) is 41.4 Å². The highest BCUT2D eigenvalue weighted by Crippen LogP contribution is 2.14. The molecule has 1 aromatic heterocycles. The molecule has 7 nitrogen and oxygen atoms in total. The first-order chi connectivity index (χ1) is 14.9. The second-order valence-electron chi connectivity index (χ2n) is 7.55. The molecule has 2 heterocycles. The molecule has 1 aromatic carbocycles. The first-order valence-electron chi connectivity index (χ1n) is 10.4. The average Bonchev–Trinajstić information content (AvgIpc) is 3.03. The number of hydrogen-bond acceptors (Lipinski definition) is 6. The van der Waals surface area contributed by atoms with Gasteiger partial charge in [0.2, 0.25) is 5.91 Å². The van der Waals surface area contributed by atoms with Gasteiger partial charge >= 0.3 is 5.97 Å². The van der Waals surface area contributed by atoms with E-state index >= 15 is 0 Å². The molecule has 0 aliphatic carbocycles. The van der Waals surface area contributed by atoms with Crippen LogP contribution in [0.2, 0.25) is 0 Å². The Hall–Kier alpha value is -2.71. The molecule has 0 unspecified atom stereocenters. The Morgan fingerprint density at radius 3 is 2.48 bits per heavy atom. The van der Waals surface area contributed by atoms with Crippen LogP contribution in [0.15, 0.2) is 29.1 Å². The minimum Gasteiger partial charge on any atom is -0.463 e. The number of thiazole rings is 1. The van der Waals surface area contributed by atoms with Gasteiger partial charge in [0.25, 0.3) is 5.56 Å². The molecule has 0 N–H and O–H groups in total. The third-order valence-corrected chi connectivity index (χ3v) is 6.08. The van der Waals surface area contributed by atoms with Crippen molar-refractivity contribution in [1.82, 2.24) is 9.47 Å². The normalized spacial score (nSPS) is 15.5. The number of hydrogen-bond donors (Lipinski definition) is 0. The number of benzene rings is 1. The molecule has 1 fully saturated rings. The van der Waals surface area contributed by atoms with Gasteiger partial charge in [0.15, 0.2) is 0 Å². The summed E-state index contributed by atoms with van der Waals surface area (Å²) in [7, 11) is 0. The standard InChI is InChI=1S/C23H28N2O5S/c1-4-30-22(27)14-21-25(15-20(26)24-9-11-29-12-10-24)23(28)19(31-21)13-17-5-7-18(8-6-17)16(2)3/h5-8,13-14,16H,4,9-12,15H2,1-3H3/b19-13-,21-14-. The van der Waals surface area contributed by atoms with Crippen molar-refractivity contribution in [3.05, 3.63) is 54.9 Å². The summed E-state index contributed by atoms with van der Waals surface area (Å²) in [5.74, 6) is -0.288. The summed E-state index contributed by atoms with van der Waals surface area (Å²) in [6.07, 6.45) is 3.07. The van der Waals surface area contributed by atoms with E-state index in [2.05, 4.69) is 13.8 Å². The lowest BCUT2D eigenvalue weighted by Crippen LogP contribution is -2.45. The average molecular weight is 445 g/mol. The molecule has 8 heteroatoms. The second-order valence-corrected chi connectivity index (χ2v) is 8.61. The number of esters is 1. The van der Waals surface area contributed by atoms with Gasteiger partial charge in [-0.1, -0.05) is 38.1 Å². The highest BCUT2D eigenvalue weighted by Gasteiger charge is 2.19. The van der Waals surface area contributed by atoms with Gasteiger partial charge in [0, 0.05) is 13.1 Å². The zero-order valence-corrected chi connectivity index (χ0v) is 18.9. The molecule has 1 aliphatic heterocycles. The quantitative estimate of drug-likeness (QED) is 0.623. The lowest BCUT2D eigenvalue weighted by Gasteiger charge is -2.26. The molecule has 2 aromatic rings. The molecule has 0 saturated carbocycles.